The minimum atomic E-state index is 0.132. The molecule has 2 heterocycles. The normalized spacial score (nSPS) is 12.6. The molecule has 0 saturated heterocycles. The van der Waals surface area contributed by atoms with Gasteiger partial charge < -0.3 is 5.32 Å². The zero-order valence-corrected chi connectivity index (χ0v) is 11.9. The molecule has 2 aromatic heterocycles. The number of hydrogen-bond acceptors (Lipinski definition) is 4. The fourth-order valence-corrected chi connectivity index (χ4v) is 2.23. The van der Waals surface area contributed by atoms with E-state index in [4.69, 9.17) is 11.6 Å². The van der Waals surface area contributed by atoms with Crippen molar-refractivity contribution in [1.82, 2.24) is 25.3 Å². The first-order valence-electron chi connectivity index (χ1n) is 6.38. The fraction of sp³-hybridized carbons (Fsp3) is 0.462. The van der Waals surface area contributed by atoms with Crippen LogP contribution >= 0.6 is 11.6 Å². The number of nitrogens with one attached hydrogen (secondary N) is 1. The minimum absolute atomic E-state index is 0.132. The van der Waals surface area contributed by atoms with Gasteiger partial charge in [0.15, 0.2) is 0 Å². The second kappa shape index (κ2) is 6.63. The Balaban J connectivity index is 2.18. The third kappa shape index (κ3) is 3.75. The summed E-state index contributed by atoms with van der Waals surface area (Å²) in [6.07, 6.45) is 7.19. The van der Waals surface area contributed by atoms with Gasteiger partial charge in [-0.05, 0) is 24.6 Å². The van der Waals surface area contributed by atoms with Crippen molar-refractivity contribution in [3.05, 3.63) is 40.9 Å². The number of halogens is 1. The van der Waals surface area contributed by atoms with Gasteiger partial charge in [0, 0.05) is 38.1 Å². The van der Waals surface area contributed by atoms with Gasteiger partial charge >= 0.3 is 0 Å². The maximum absolute atomic E-state index is 6.23. The average Bonchev–Trinajstić information content (AvgIpc) is 2.81. The van der Waals surface area contributed by atoms with Crippen molar-refractivity contribution in [2.75, 3.05) is 6.54 Å². The van der Waals surface area contributed by atoms with Crippen molar-refractivity contribution in [3.63, 3.8) is 0 Å². The number of aryl methyl sites for hydroxylation is 1. The van der Waals surface area contributed by atoms with Crippen molar-refractivity contribution in [2.45, 2.75) is 25.8 Å². The van der Waals surface area contributed by atoms with Gasteiger partial charge in [0.05, 0.1) is 10.7 Å². The molecule has 0 aromatic carbocycles. The van der Waals surface area contributed by atoms with E-state index in [0.717, 1.165) is 30.6 Å². The Kier molecular flexibility index (Phi) is 4.87. The molecule has 0 aliphatic rings. The lowest BCUT2D eigenvalue weighted by Crippen LogP contribution is -2.24. The first-order chi connectivity index (χ1) is 9.20. The molecule has 19 heavy (non-hydrogen) atoms. The number of hydrogen-bond donors (Lipinski definition) is 1. The van der Waals surface area contributed by atoms with Crippen LogP contribution in [0.1, 0.15) is 30.6 Å². The van der Waals surface area contributed by atoms with E-state index in [-0.39, 0.29) is 6.04 Å². The molecular weight excluding hydrogens is 262 g/mol. The Morgan fingerprint density at radius 1 is 1.47 bits per heavy atom. The molecule has 5 nitrogen and oxygen atoms in total. The summed E-state index contributed by atoms with van der Waals surface area (Å²) in [6, 6.07) is 2.08. The van der Waals surface area contributed by atoms with Crippen LogP contribution in [0.2, 0.25) is 5.02 Å². The molecule has 6 heteroatoms. The number of pyridine rings is 1. The topological polar surface area (TPSA) is 55.6 Å². The SMILES string of the molecule is CCCNC(Cc1cn(C)nn1)c1ccncc1Cl. The molecule has 1 unspecified atom stereocenters. The Morgan fingerprint density at radius 2 is 2.32 bits per heavy atom. The maximum atomic E-state index is 6.23. The van der Waals surface area contributed by atoms with Crippen LogP contribution in [0.25, 0.3) is 0 Å². The predicted molar refractivity (Wildman–Crippen MR) is 75.0 cm³/mol. The zero-order valence-electron chi connectivity index (χ0n) is 11.2. The lowest BCUT2D eigenvalue weighted by atomic mass is 10.0. The van der Waals surface area contributed by atoms with Crippen molar-refractivity contribution in [1.29, 1.82) is 0 Å². The van der Waals surface area contributed by atoms with E-state index in [0.29, 0.717) is 5.02 Å². The maximum Gasteiger partial charge on any atom is 0.0845 e. The summed E-state index contributed by atoms with van der Waals surface area (Å²) in [6.45, 7) is 3.07. The second-order valence-electron chi connectivity index (χ2n) is 4.49. The lowest BCUT2D eigenvalue weighted by Gasteiger charge is -2.18. The Bertz CT molecular complexity index is 525. The molecule has 0 radical (unpaired) electrons. The highest BCUT2D eigenvalue weighted by atomic mass is 35.5. The minimum Gasteiger partial charge on any atom is -0.310 e. The van der Waals surface area contributed by atoms with Crippen molar-refractivity contribution in [3.8, 4) is 0 Å². The standard InChI is InChI=1S/C13H18ClN5/c1-3-5-16-13(7-10-9-19(2)18-17-10)11-4-6-15-8-12(11)14/h4,6,8-9,13,16H,3,5,7H2,1-2H3. The van der Waals surface area contributed by atoms with Gasteiger partial charge in [0.2, 0.25) is 0 Å². The molecule has 2 aromatic rings. The molecule has 0 bridgehead atoms. The Hall–Kier alpha value is -1.46. The predicted octanol–water partition coefficient (Wildman–Crippen LogP) is 2.15. The van der Waals surface area contributed by atoms with E-state index in [9.17, 15) is 0 Å². The molecule has 1 atom stereocenters. The van der Waals surface area contributed by atoms with Gasteiger partial charge in [-0.1, -0.05) is 23.7 Å². The molecule has 0 aliphatic carbocycles. The third-order valence-corrected chi connectivity index (χ3v) is 3.20. The average molecular weight is 280 g/mol. The molecule has 0 fully saturated rings. The van der Waals surface area contributed by atoms with E-state index in [2.05, 4.69) is 27.5 Å². The Labute approximate surface area is 118 Å². The highest BCUT2D eigenvalue weighted by Gasteiger charge is 2.16. The van der Waals surface area contributed by atoms with Gasteiger partial charge in [-0.3, -0.25) is 9.67 Å². The molecule has 0 saturated carbocycles. The first kappa shape index (κ1) is 14.0. The summed E-state index contributed by atoms with van der Waals surface area (Å²) < 4.78 is 1.71. The van der Waals surface area contributed by atoms with Crippen LogP contribution in [0.3, 0.4) is 0 Å². The van der Waals surface area contributed by atoms with Crippen LogP contribution in [-0.2, 0) is 13.5 Å². The van der Waals surface area contributed by atoms with Crippen molar-refractivity contribution >= 4 is 11.6 Å². The van der Waals surface area contributed by atoms with Gasteiger partial charge in [-0.2, -0.15) is 0 Å². The molecule has 2 rings (SSSR count). The van der Waals surface area contributed by atoms with Gasteiger partial charge in [0.25, 0.3) is 0 Å². The van der Waals surface area contributed by atoms with E-state index in [1.165, 1.54) is 0 Å². The number of aromatic nitrogens is 4. The summed E-state index contributed by atoms with van der Waals surface area (Å²) in [7, 11) is 1.87. The van der Waals surface area contributed by atoms with Crippen molar-refractivity contribution < 1.29 is 0 Å². The summed E-state index contributed by atoms with van der Waals surface area (Å²) in [5.74, 6) is 0. The third-order valence-electron chi connectivity index (χ3n) is 2.88. The monoisotopic (exact) mass is 279 g/mol. The van der Waals surface area contributed by atoms with Crippen LogP contribution in [0, 0.1) is 0 Å². The van der Waals surface area contributed by atoms with E-state index in [1.807, 2.05) is 19.3 Å². The van der Waals surface area contributed by atoms with Crippen molar-refractivity contribution in [2.24, 2.45) is 7.05 Å². The van der Waals surface area contributed by atoms with E-state index < -0.39 is 0 Å². The second-order valence-corrected chi connectivity index (χ2v) is 4.90. The molecule has 0 amide bonds. The number of nitrogens with zero attached hydrogens (tertiary/aromatic N) is 4. The summed E-state index contributed by atoms with van der Waals surface area (Å²) in [4.78, 5) is 4.03. The van der Waals surface area contributed by atoms with Crippen LogP contribution < -0.4 is 5.32 Å². The summed E-state index contributed by atoms with van der Waals surface area (Å²) >= 11 is 6.23. The van der Waals surface area contributed by atoms with Crippen LogP contribution in [-0.4, -0.2) is 26.5 Å². The van der Waals surface area contributed by atoms with Gasteiger partial charge in [-0.25, -0.2) is 0 Å². The summed E-state index contributed by atoms with van der Waals surface area (Å²) in [5.41, 5.74) is 2.00. The van der Waals surface area contributed by atoms with Crippen LogP contribution in [0.15, 0.2) is 24.7 Å². The van der Waals surface area contributed by atoms with Crippen LogP contribution in [0.5, 0.6) is 0 Å². The fourth-order valence-electron chi connectivity index (χ4n) is 1.98. The highest BCUT2D eigenvalue weighted by molar-refractivity contribution is 6.31. The molecule has 1 N–H and O–H groups in total. The molecular formula is C13H18ClN5. The smallest absolute Gasteiger partial charge is 0.0845 e. The highest BCUT2D eigenvalue weighted by Crippen LogP contribution is 2.24. The molecule has 102 valence electrons. The largest absolute Gasteiger partial charge is 0.310 e. The van der Waals surface area contributed by atoms with Crippen LogP contribution in [0.4, 0.5) is 0 Å². The lowest BCUT2D eigenvalue weighted by molar-refractivity contribution is 0.523. The zero-order chi connectivity index (χ0) is 13.7. The quantitative estimate of drug-likeness (QED) is 0.880. The molecule has 0 aliphatic heterocycles. The van der Waals surface area contributed by atoms with Gasteiger partial charge in [0.1, 0.15) is 0 Å². The molecule has 0 spiro atoms. The number of rotatable bonds is 6. The Morgan fingerprint density at radius 3 is 2.95 bits per heavy atom. The van der Waals surface area contributed by atoms with E-state index >= 15 is 0 Å². The van der Waals surface area contributed by atoms with Gasteiger partial charge in [-0.15, -0.1) is 5.10 Å². The summed E-state index contributed by atoms with van der Waals surface area (Å²) in [5, 5.41) is 12.3. The van der Waals surface area contributed by atoms with E-state index in [1.54, 1.807) is 17.1 Å². The first-order valence-corrected chi connectivity index (χ1v) is 6.76.